The van der Waals surface area contributed by atoms with Crippen LogP contribution in [0.2, 0.25) is 0 Å². The Kier molecular flexibility index (Phi) is 3.26. The Balaban J connectivity index is 2.31. The fourth-order valence-electron chi connectivity index (χ4n) is 1.64. The molecule has 0 aliphatic heterocycles. The Labute approximate surface area is 101 Å². The average molecular weight is 258 g/mol. The van der Waals surface area contributed by atoms with Crippen molar-refractivity contribution in [3.63, 3.8) is 0 Å². The third kappa shape index (κ3) is 2.99. The van der Waals surface area contributed by atoms with Gasteiger partial charge >= 0.3 is 6.18 Å². The van der Waals surface area contributed by atoms with Gasteiger partial charge < -0.3 is 0 Å². The molecule has 0 spiro atoms. The number of nitrogens with one attached hydrogen (secondary N) is 1. The van der Waals surface area contributed by atoms with Crippen LogP contribution in [0.4, 0.5) is 17.6 Å². The van der Waals surface area contributed by atoms with Crippen LogP contribution < -0.4 is 5.32 Å². The van der Waals surface area contributed by atoms with Gasteiger partial charge in [-0.1, -0.05) is 0 Å². The molecule has 1 aromatic rings. The third-order valence-corrected chi connectivity index (χ3v) is 2.69. The molecule has 1 atom stereocenters. The summed E-state index contributed by atoms with van der Waals surface area (Å²) in [5, 5.41) is 11.8. The summed E-state index contributed by atoms with van der Waals surface area (Å²) in [5.41, 5.74) is -1.06. The van der Waals surface area contributed by atoms with Gasteiger partial charge in [-0.25, -0.2) is 4.39 Å². The quantitative estimate of drug-likeness (QED) is 0.845. The molecule has 1 aromatic carbocycles. The molecule has 0 aromatic heterocycles. The van der Waals surface area contributed by atoms with E-state index in [2.05, 4.69) is 5.32 Å². The summed E-state index contributed by atoms with van der Waals surface area (Å²) in [7, 11) is 0. The van der Waals surface area contributed by atoms with Crippen LogP contribution in [0.1, 0.15) is 30.0 Å². The van der Waals surface area contributed by atoms with Crippen molar-refractivity contribution in [1.82, 2.24) is 5.32 Å². The van der Waals surface area contributed by atoms with Crippen LogP contribution in [-0.2, 0) is 6.18 Å². The molecule has 1 aliphatic carbocycles. The lowest BCUT2D eigenvalue weighted by Gasteiger charge is -2.14. The molecule has 0 saturated heterocycles. The van der Waals surface area contributed by atoms with Gasteiger partial charge in [0.05, 0.1) is 11.6 Å². The number of alkyl halides is 3. The number of nitriles is 1. The monoisotopic (exact) mass is 258 g/mol. The van der Waals surface area contributed by atoms with E-state index in [1.54, 1.807) is 0 Å². The third-order valence-electron chi connectivity index (χ3n) is 2.69. The first kappa shape index (κ1) is 12.8. The fraction of sp³-hybridized carbons (Fsp3) is 0.417. The fourth-order valence-corrected chi connectivity index (χ4v) is 1.64. The predicted octanol–water partition coefficient (Wildman–Crippen LogP) is 3.16. The second kappa shape index (κ2) is 4.58. The number of hydrogen-bond acceptors (Lipinski definition) is 2. The van der Waals surface area contributed by atoms with Crippen molar-refractivity contribution in [3.05, 3.63) is 35.1 Å². The highest BCUT2D eigenvalue weighted by atomic mass is 19.4. The molecular formula is C12H10F4N2. The normalized spacial score (nSPS) is 17.3. The van der Waals surface area contributed by atoms with Crippen LogP contribution in [0.3, 0.4) is 0 Å². The van der Waals surface area contributed by atoms with Gasteiger partial charge in [-0.2, -0.15) is 18.4 Å². The SMILES string of the molecule is N#CC(NC1CC1)c1cc(F)cc(C(F)(F)F)c1. The Morgan fingerprint density at radius 1 is 1.28 bits per heavy atom. The van der Waals surface area contributed by atoms with Gasteiger partial charge in [0.25, 0.3) is 0 Å². The lowest BCUT2D eigenvalue weighted by atomic mass is 10.0. The van der Waals surface area contributed by atoms with Crippen molar-refractivity contribution in [3.8, 4) is 6.07 Å². The Hall–Kier alpha value is -1.61. The maximum Gasteiger partial charge on any atom is 0.416 e. The zero-order chi connectivity index (χ0) is 13.3. The maximum atomic E-state index is 13.2. The molecule has 0 heterocycles. The summed E-state index contributed by atoms with van der Waals surface area (Å²) in [5.74, 6) is -0.988. The second-order valence-corrected chi connectivity index (χ2v) is 4.27. The molecular weight excluding hydrogens is 248 g/mol. The van der Waals surface area contributed by atoms with Gasteiger partial charge in [0.15, 0.2) is 0 Å². The van der Waals surface area contributed by atoms with E-state index in [0.29, 0.717) is 6.07 Å². The zero-order valence-corrected chi connectivity index (χ0v) is 9.26. The molecule has 2 nitrogen and oxygen atoms in total. The first-order chi connectivity index (χ1) is 8.40. The van der Waals surface area contributed by atoms with E-state index in [4.69, 9.17) is 5.26 Å². The van der Waals surface area contributed by atoms with Crippen LogP contribution in [0, 0.1) is 17.1 Å². The molecule has 1 N–H and O–H groups in total. The minimum atomic E-state index is -4.61. The number of benzene rings is 1. The number of hydrogen-bond donors (Lipinski definition) is 1. The lowest BCUT2D eigenvalue weighted by Crippen LogP contribution is -2.22. The summed E-state index contributed by atoms with van der Waals surface area (Å²) in [6.07, 6.45) is -2.84. The van der Waals surface area contributed by atoms with Gasteiger partial charge in [0.1, 0.15) is 11.9 Å². The molecule has 18 heavy (non-hydrogen) atoms. The van der Waals surface area contributed by atoms with Gasteiger partial charge in [0.2, 0.25) is 0 Å². The van der Waals surface area contributed by atoms with E-state index in [9.17, 15) is 17.6 Å². The zero-order valence-electron chi connectivity index (χ0n) is 9.26. The van der Waals surface area contributed by atoms with Crippen LogP contribution in [0.15, 0.2) is 18.2 Å². The molecule has 1 fully saturated rings. The van der Waals surface area contributed by atoms with Crippen molar-refractivity contribution in [2.24, 2.45) is 0 Å². The minimum Gasteiger partial charge on any atom is -0.295 e. The van der Waals surface area contributed by atoms with Gasteiger partial charge in [-0.3, -0.25) is 5.32 Å². The molecule has 1 unspecified atom stereocenters. The average Bonchev–Trinajstić information content (AvgIpc) is 3.07. The van der Waals surface area contributed by atoms with Crippen LogP contribution in [-0.4, -0.2) is 6.04 Å². The van der Waals surface area contributed by atoms with E-state index < -0.39 is 23.6 Å². The van der Waals surface area contributed by atoms with Crippen molar-refractivity contribution in [2.45, 2.75) is 31.1 Å². The predicted molar refractivity (Wildman–Crippen MR) is 55.9 cm³/mol. The van der Waals surface area contributed by atoms with E-state index in [0.717, 1.165) is 25.0 Å². The van der Waals surface area contributed by atoms with Crippen molar-refractivity contribution < 1.29 is 17.6 Å². The molecule has 1 saturated carbocycles. The molecule has 0 amide bonds. The van der Waals surface area contributed by atoms with Gasteiger partial charge in [-0.15, -0.1) is 0 Å². The highest BCUT2D eigenvalue weighted by Gasteiger charge is 2.33. The van der Waals surface area contributed by atoms with Gasteiger partial charge in [-0.05, 0) is 36.6 Å². The standard InChI is InChI=1S/C12H10F4N2/c13-9-4-7(3-8(5-9)12(14,15)16)11(6-17)18-10-1-2-10/h3-5,10-11,18H,1-2H2. The Morgan fingerprint density at radius 2 is 1.94 bits per heavy atom. The van der Waals surface area contributed by atoms with E-state index >= 15 is 0 Å². The molecule has 2 rings (SSSR count). The minimum absolute atomic E-state index is 0.0109. The first-order valence-electron chi connectivity index (χ1n) is 5.43. The highest BCUT2D eigenvalue weighted by molar-refractivity contribution is 5.32. The summed E-state index contributed by atoms with van der Waals surface area (Å²) >= 11 is 0. The largest absolute Gasteiger partial charge is 0.416 e. The molecule has 96 valence electrons. The highest BCUT2D eigenvalue weighted by Crippen LogP contribution is 2.32. The molecule has 0 radical (unpaired) electrons. The summed E-state index contributed by atoms with van der Waals surface area (Å²) in [6, 6.07) is 3.28. The van der Waals surface area contributed by atoms with E-state index in [1.165, 1.54) is 0 Å². The molecule has 0 bridgehead atoms. The van der Waals surface area contributed by atoms with Crippen LogP contribution in [0.5, 0.6) is 0 Å². The number of nitrogens with zero attached hydrogens (tertiary/aromatic N) is 1. The summed E-state index contributed by atoms with van der Waals surface area (Å²) in [6.45, 7) is 0. The smallest absolute Gasteiger partial charge is 0.295 e. The molecule has 6 heteroatoms. The van der Waals surface area contributed by atoms with Crippen molar-refractivity contribution in [2.75, 3.05) is 0 Å². The second-order valence-electron chi connectivity index (χ2n) is 4.27. The lowest BCUT2D eigenvalue weighted by molar-refractivity contribution is -0.137. The molecule has 1 aliphatic rings. The number of rotatable bonds is 3. The summed E-state index contributed by atoms with van der Waals surface area (Å²) in [4.78, 5) is 0. The van der Waals surface area contributed by atoms with E-state index in [-0.39, 0.29) is 11.6 Å². The first-order valence-corrected chi connectivity index (χ1v) is 5.43. The Morgan fingerprint density at radius 3 is 2.44 bits per heavy atom. The van der Waals surface area contributed by atoms with Gasteiger partial charge in [0, 0.05) is 6.04 Å². The number of halogens is 4. The van der Waals surface area contributed by atoms with Crippen molar-refractivity contribution >= 4 is 0 Å². The van der Waals surface area contributed by atoms with E-state index in [1.807, 2.05) is 6.07 Å². The topological polar surface area (TPSA) is 35.8 Å². The summed E-state index contributed by atoms with van der Waals surface area (Å²) < 4.78 is 50.7. The van der Waals surface area contributed by atoms with Crippen LogP contribution >= 0.6 is 0 Å². The Bertz CT molecular complexity index is 486. The van der Waals surface area contributed by atoms with Crippen molar-refractivity contribution in [1.29, 1.82) is 5.26 Å². The van der Waals surface area contributed by atoms with Crippen LogP contribution in [0.25, 0.3) is 0 Å². The maximum absolute atomic E-state index is 13.2.